The van der Waals surface area contributed by atoms with Crippen molar-refractivity contribution in [1.29, 1.82) is 0 Å². The second kappa shape index (κ2) is 6.52. The van der Waals surface area contributed by atoms with Gasteiger partial charge in [0.2, 0.25) is 5.91 Å². The third-order valence-corrected chi connectivity index (χ3v) is 2.22. The number of benzene rings is 1. The predicted octanol–water partition coefficient (Wildman–Crippen LogP) is 0.960. The molecule has 1 aromatic rings. The number of nitrogens with one attached hydrogen (secondary N) is 1. The van der Waals surface area contributed by atoms with Crippen LogP contribution in [0, 0.1) is 0 Å². The number of hydrogen-bond donors (Lipinski definition) is 2. The van der Waals surface area contributed by atoms with E-state index in [-0.39, 0.29) is 11.7 Å². The first kappa shape index (κ1) is 13.0. The van der Waals surface area contributed by atoms with Gasteiger partial charge in [0.1, 0.15) is 5.75 Å². The Morgan fingerprint density at radius 2 is 2.12 bits per heavy atom. The number of phenols is 1. The molecule has 1 atom stereocenters. The molecule has 5 nitrogen and oxygen atoms in total. The van der Waals surface area contributed by atoms with Gasteiger partial charge in [-0.15, -0.1) is 0 Å². The van der Waals surface area contributed by atoms with Crippen molar-refractivity contribution in [2.45, 2.75) is 26.0 Å². The van der Waals surface area contributed by atoms with E-state index in [2.05, 4.69) is 5.32 Å². The van der Waals surface area contributed by atoms with E-state index in [9.17, 15) is 9.59 Å². The van der Waals surface area contributed by atoms with Gasteiger partial charge in [0.15, 0.2) is 6.23 Å². The number of carbonyl (C=O) groups excluding carboxylic acids is 2. The highest BCUT2D eigenvalue weighted by molar-refractivity contribution is 5.75. The number of phenolic OH excluding ortho intramolecular Hbond substituents is 1. The zero-order valence-corrected chi connectivity index (χ0v) is 9.55. The summed E-state index contributed by atoms with van der Waals surface area (Å²) < 4.78 is 4.77. The Hall–Kier alpha value is -2.04. The van der Waals surface area contributed by atoms with Crippen molar-refractivity contribution in [3.63, 3.8) is 0 Å². The number of carbonyl (C=O) groups is 2. The Morgan fingerprint density at radius 3 is 2.65 bits per heavy atom. The van der Waals surface area contributed by atoms with Crippen molar-refractivity contribution < 1.29 is 19.4 Å². The van der Waals surface area contributed by atoms with E-state index >= 15 is 0 Å². The SMILES string of the molecule is CCC(=O)NC(Cc1ccc(O)cc1)OC=O. The minimum atomic E-state index is -0.676. The van der Waals surface area contributed by atoms with Crippen LogP contribution >= 0.6 is 0 Å². The van der Waals surface area contributed by atoms with E-state index in [1.807, 2.05) is 0 Å². The van der Waals surface area contributed by atoms with Crippen molar-refractivity contribution in [2.24, 2.45) is 0 Å². The lowest BCUT2D eigenvalue weighted by molar-refractivity contribution is -0.138. The summed E-state index contributed by atoms with van der Waals surface area (Å²) in [5.74, 6) is -0.0187. The minimum absolute atomic E-state index is 0.166. The van der Waals surface area contributed by atoms with Crippen LogP contribution < -0.4 is 5.32 Å². The first-order valence-electron chi connectivity index (χ1n) is 5.32. The third kappa shape index (κ3) is 4.55. The number of hydrogen-bond acceptors (Lipinski definition) is 4. The van der Waals surface area contributed by atoms with E-state index in [4.69, 9.17) is 9.84 Å². The zero-order valence-electron chi connectivity index (χ0n) is 9.55. The molecule has 0 radical (unpaired) electrons. The fourth-order valence-electron chi connectivity index (χ4n) is 1.33. The van der Waals surface area contributed by atoms with Gasteiger partial charge in [-0.25, -0.2) is 0 Å². The summed E-state index contributed by atoms with van der Waals surface area (Å²) in [6, 6.07) is 6.48. The van der Waals surface area contributed by atoms with Crippen molar-refractivity contribution in [2.75, 3.05) is 0 Å². The quantitative estimate of drug-likeness (QED) is 0.570. The Kier molecular flexibility index (Phi) is 5.00. The van der Waals surface area contributed by atoms with Gasteiger partial charge < -0.3 is 15.2 Å². The molecule has 2 N–H and O–H groups in total. The first-order chi connectivity index (χ1) is 8.15. The highest BCUT2D eigenvalue weighted by atomic mass is 16.5. The molecule has 0 aromatic heterocycles. The second-order valence-corrected chi connectivity index (χ2v) is 3.51. The Balaban J connectivity index is 2.62. The third-order valence-electron chi connectivity index (χ3n) is 2.22. The molecule has 92 valence electrons. The zero-order chi connectivity index (χ0) is 12.7. The van der Waals surface area contributed by atoms with Gasteiger partial charge in [-0.1, -0.05) is 19.1 Å². The molecule has 0 aliphatic rings. The van der Waals surface area contributed by atoms with Crippen LogP contribution in [0.5, 0.6) is 5.75 Å². The molecule has 1 rings (SSSR count). The number of aromatic hydroxyl groups is 1. The number of amides is 1. The van der Waals surface area contributed by atoms with Crippen molar-refractivity contribution in [3.05, 3.63) is 29.8 Å². The number of ether oxygens (including phenoxy) is 1. The maximum atomic E-state index is 11.2. The van der Waals surface area contributed by atoms with Crippen LogP contribution in [0.25, 0.3) is 0 Å². The van der Waals surface area contributed by atoms with Crippen LogP contribution in [-0.4, -0.2) is 23.7 Å². The van der Waals surface area contributed by atoms with E-state index in [1.54, 1.807) is 19.1 Å². The fourth-order valence-corrected chi connectivity index (χ4v) is 1.33. The average Bonchev–Trinajstić information content (AvgIpc) is 2.32. The molecular weight excluding hydrogens is 222 g/mol. The van der Waals surface area contributed by atoms with Crippen LogP contribution in [0.2, 0.25) is 0 Å². The summed E-state index contributed by atoms with van der Waals surface area (Å²) in [6.45, 7) is 2.02. The largest absolute Gasteiger partial charge is 0.508 e. The van der Waals surface area contributed by atoms with E-state index < -0.39 is 6.23 Å². The summed E-state index contributed by atoms with van der Waals surface area (Å²) in [5, 5.41) is 11.7. The molecule has 0 spiro atoms. The highest BCUT2D eigenvalue weighted by Gasteiger charge is 2.12. The summed E-state index contributed by atoms with van der Waals surface area (Å²) in [4.78, 5) is 21.5. The summed E-state index contributed by atoms with van der Waals surface area (Å²) in [6.07, 6.45) is 0.0171. The van der Waals surface area contributed by atoms with E-state index in [1.165, 1.54) is 12.1 Å². The molecule has 0 heterocycles. The molecule has 0 saturated carbocycles. The molecule has 0 fully saturated rings. The molecule has 1 aromatic carbocycles. The lowest BCUT2D eigenvalue weighted by Crippen LogP contribution is -2.37. The van der Waals surface area contributed by atoms with Gasteiger partial charge in [0, 0.05) is 12.8 Å². The molecular formula is C12H15NO4. The topological polar surface area (TPSA) is 75.6 Å². The highest BCUT2D eigenvalue weighted by Crippen LogP contribution is 2.11. The van der Waals surface area contributed by atoms with Gasteiger partial charge in [-0.2, -0.15) is 0 Å². The Labute approximate surface area is 99.4 Å². The van der Waals surface area contributed by atoms with Gasteiger partial charge in [0.25, 0.3) is 6.47 Å². The van der Waals surface area contributed by atoms with Gasteiger partial charge in [-0.3, -0.25) is 9.59 Å². The number of rotatable bonds is 6. The van der Waals surface area contributed by atoms with E-state index in [0.29, 0.717) is 19.3 Å². The average molecular weight is 237 g/mol. The monoisotopic (exact) mass is 237 g/mol. The molecule has 0 saturated heterocycles. The van der Waals surface area contributed by atoms with Gasteiger partial charge >= 0.3 is 0 Å². The molecule has 5 heteroatoms. The summed E-state index contributed by atoms with van der Waals surface area (Å²) in [7, 11) is 0. The predicted molar refractivity (Wildman–Crippen MR) is 61.2 cm³/mol. The molecule has 0 aliphatic carbocycles. The van der Waals surface area contributed by atoms with Crippen molar-refractivity contribution in [3.8, 4) is 5.75 Å². The molecule has 1 unspecified atom stereocenters. The maximum Gasteiger partial charge on any atom is 0.295 e. The molecule has 17 heavy (non-hydrogen) atoms. The Morgan fingerprint density at radius 1 is 1.47 bits per heavy atom. The lowest BCUT2D eigenvalue weighted by Gasteiger charge is -2.16. The van der Waals surface area contributed by atoms with Crippen LogP contribution in [-0.2, 0) is 20.7 Å². The molecule has 0 aliphatic heterocycles. The fraction of sp³-hybridized carbons (Fsp3) is 0.333. The minimum Gasteiger partial charge on any atom is -0.508 e. The van der Waals surface area contributed by atoms with Crippen LogP contribution in [0.15, 0.2) is 24.3 Å². The second-order valence-electron chi connectivity index (χ2n) is 3.51. The van der Waals surface area contributed by atoms with Crippen molar-refractivity contribution >= 4 is 12.4 Å². The lowest BCUT2D eigenvalue weighted by atomic mass is 10.1. The normalized spacial score (nSPS) is 11.6. The van der Waals surface area contributed by atoms with Gasteiger partial charge in [-0.05, 0) is 17.7 Å². The summed E-state index contributed by atoms with van der Waals surface area (Å²) in [5.41, 5.74) is 0.853. The molecule has 1 amide bonds. The van der Waals surface area contributed by atoms with Crippen LogP contribution in [0.1, 0.15) is 18.9 Å². The summed E-state index contributed by atoms with van der Waals surface area (Å²) >= 11 is 0. The van der Waals surface area contributed by atoms with Crippen molar-refractivity contribution in [1.82, 2.24) is 5.32 Å². The smallest absolute Gasteiger partial charge is 0.295 e. The van der Waals surface area contributed by atoms with Gasteiger partial charge in [0.05, 0.1) is 0 Å². The van der Waals surface area contributed by atoms with Crippen LogP contribution in [0.4, 0.5) is 0 Å². The standard InChI is InChI=1S/C12H15NO4/c1-2-11(16)13-12(17-8-14)7-9-3-5-10(15)6-4-9/h3-6,8,12,15H,2,7H2,1H3,(H,13,16). The first-order valence-corrected chi connectivity index (χ1v) is 5.32. The van der Waals surface area contributed by atoms with Crippen LogP contribution in [0.3, 0.4) is 0 Å². The maximum absolute atomic E-state index is 11.2. The van der Waals surface area contributed by atoms with E-state index in [0.717, 1.165) is 5.56 Å². The molecule has 0 bridgehead atoms. The Bertz CT molecular complexity index is 375.